The Morgan fingerprint density at radius 2 is 1.77 bits per heavy atom. The number of halogens is 3. The van der Waals surface area contributed by atoms with E-state index < -0.39 is 24.3 Å². The Hall–Kier alpha value is -1.31. The van der Waals surface area contributed by atoms with Gasteiger partial charge in [0.25, 0.3) is 5.60 Å². The van der Waals surface area contributed by atoms with E-state index in [1.54, 1.807) is 0 Å². The molecule has 0 aromatic rings. The third-order valence-electron chi connectivity index (χ3n) is 1.37. The van der Waals surface area contributed by atoms with Crippen molar-refractivity contribution < 1.29 is 23.4 Å². The molecule has 0 radical (unpaired) electrons. The van der Waals surface area contributed by atoms with E-state index in [4.69, 9.17) is 20.7 Å². The predicted octanol–water partition coefficient (Wildman–Crippen LogP) is 0.0780. The Morgan fingerprint density at radius 3 is 2.00 bits per heavy atom. The number of hydrogen-bond donors (Lipinski definition) is 2. The van der Waals surface area contributed by atoms with Gasteiger partial charge in [-0.25, -0.2) is 0 Å². The summed E-state index contributed by atoms with van der Waals surface area (Å²) in [5.74, 6) is 0. The van der Waals surface area contributed by atoms with Crippen LogP contribution in [0.5, 0.6) is 0 Å². The summed E-state index contributed by atoms with van der Waals surface area (Å²) >= 11 is 0. The summed E-state index contributed by atoms with van der Waals surface area (Å²) in [6.45, 7) is 0. The largest absolute Gasteiger partial charge is 0.433 e. The number of hydrogen-bond acceptors (Lipinski definition) is 4. The fourth-order valence-electron chi connectivity index (χ4n) is 0.561. The van der Waals surface area contributed by atoms with Gasteiger partial charge in [-0.1, -0.05) is 0 Å². The second kappa shape index (κ2) is 3.60. The number of alkyl halides is 3. The van der Waals surface area contributed by atoms with Gasteiger partial charge in [0.05, 0.1) is 12.5 Å². The molecule has 7 heteroatoms. The lowest BCUT2D eigenvalue weighted by molar-refractivity contribution is -0.264. The van der Waals surface area contributed by atoms with E-state index in [0.717, 1.165) is 0 Å². The number of aliphatic hydroxyl groups is 2. The van der Waals surface area contributed by atoms with Gasteiger partial charge in [0.1, 0.15) is 12.2 Å². The topological polar surface area (TPSA) is 88.0 Å². The first-order valence-corrected chi connectivity index (χ1v) is 3.05. The van der Waals surface area contributed by atoms with E-state index in [9.17, 15) is 13.2 Å². The van der Waals surface area contributed by atoms with E-state index >= 15 is 0 Å². The zero-order valence-corrected chi connectivity index (χ0v) is 6.21. The molecule has 0 heterocycles. The van der Waals surface area contributed by atoms with Crippen molar-refractivity contribution in [2.45, 2.75) is 24.3 Å². The van der Waals surface area contributed by atoms with Crippen LogP contribution in [0, 0.1) is 22.7 Å². The van der Waals surface area contributed by atoms with Crippen LogP contribution in [-0.2, 0) is 0 Å². The molecule has 4 nitrogen and oxygen atoms in total. The quantitative estimate of drug-likeness (QED) is 0.609. The van der Waals surface area contributed by atoms with Crippen molar-refractivity contribution in [3.05, 3.63) is 0 Å². The van der Waals surface area contributed by atoms with Gasteiger partial charge in [-0.3, -0.25) is 0 Å². The molecule has 0 fully saturated rings. The molecule has 0 saturated heterocycles. The van der Waals surface area contributed by atoms with E-state index in [0.29, 0.717) is 6.07 Å². The normalized spacial score (nSPS) is 18.1. The van der Waals surface area contributed by atoms with Crippen LogP contribution in [0.3, 0.4) is 0 Å². The Bertz CT molecular complexity index is 265. The van der Waals surface area contributed by atoms with Crippen molar-refractivity contribution in [3.8, 4) is 12.1 Å². The van der Waals surface area contributed by atoms with Crippen molar-refractivity contribution in [1.29, 1.82) is 10.5 Å². The molecule has 0 rings (SSSR count). The van der Waals surface area contributed by atoms with Crippen molar-refractivity contribution in [3.63, 3.8) is 0 Å². The molecule has 0 aromatic carbocycles. The monoisotopic (exact) mass is 194 g/mol. The lowest BCUT2D eigenvalue weighted by Gasteiger charge is -2.26. The van der Waals surface area contributed by atoms with Crippen molar-refractivity contribution in [1.82, 2.24) is 0 Å². The number of nitrogens with zero attached hydrogens (tertiary/aromatic N) is 2. The zero-order chi connectivity index (χ0) is 10.7. The summed E-state index contributed by atoms with van der Waals surface area (Å²) in [6.07, 6.45) is -8.70. The highest BCUT2D eigenvalue weighted by molar-refractivity contribution is 5.11. The lowest BCUT2D eigenvalue weighted by Crippen LogP contribution is -2.53. The van der Waals surface area contributed by atoms with Gasteiger partial charge >= 0.3 is 6.18 Å². The molecule has 0 aromatic heterocycles. The van der Waals surface area contributed by atoms with Crippen LogP contribution < -0.4 is 0 Å². The van der Waals surface area contributed by atoms with Crippen molar-refractivity contribution >= 4 is 0 Å². The fraction of sp³-hybridized carbons (Fsp3) is 0.667. The number of aliphatic hydroxyl groups excluding tert-OH is 1. The summed E-state index contributed by atoms with van der Waals surface area (Å²) < 4.78 is 35.8. The summed E-state index contributed by atoms with van der Waals surface area (Å²) in [5.41, 5.74) is -3.87. The van der Waals surface area contributed by atoms with Crippen molar-refractivity contribution in [2.75, 3.05) is 0 Å². The molecule has 0 saturated carbocycles. The maximum atomic E-state index is 11.9. The standard InChI is InChI=1S/C6H5F3N2O2/c7-6(8,9)5(13,3-11)4(12)1-2-10/h4,12-13H,1H2. The van der Waals surface area contributed by atoms with Crippen LogP contribution >= 0.6 is 0 Å². The van der Waals surface area contributed by atoms with Gasteiger partial charge in [-0.05, 0) is 0 Å². The lowest BCUT2D eigenvalue weighted by atomic mass is 9.96. The first-order valence-electron chi connectivity index (χ1n) is 3.05. The zero-order valence-electron chi connectivity index (χ0n) is 6.21. The van der Waals surface area contributed by atoms with Gasteiger partial charge in [-0.15, -0.1) is 0 Å². The molecule has 0 aliphatic rings. The highest BCUT2D eigenvalue weighted by Crippen LogP contribution is 2.33. The van der Waals surface area contributed by atoms with Gasteiger partial charge in [0.15, 0.2) is 0 Å². The fourth-order valence-corrected chi connectivity index (χ4v) is 0.561. The smallest absolute Gasteiger partial charge is 0.388 e. The molecule has 2 unspecified atom stereocenters. The minimum absolute atomic E-state index is 0.532. The van der Waals surface area contributed by atoms with Crippen molar-refractivity contribution in [2.24, 2.45) is 0 Å². The molecule has 13 heavy (non-hydrogen) atoms. The molecule has 0 amide bonds. The molecule has 0 spiro atoms. The Balaban J connectivity index is 4.89. The SMILES string of the molecule is N#CCC(O)C(O)(C#N)C(F)(F)F. The van der Waals surface area contributed by atoms with Crippen LogP contribution in [0.4, 0.5) is 13.2 Å². The minimum Gasteiger partial charge on any atom is -0.388 e. The molecule has 2 N–H and O–H groups in total. The summed E-state index contributed by atoms with van der Waals surface area (Å²) in [7, 11) is 0. The molecule has 2 atom stereocenters. The average molecular weight is 194 g/mol. The van der Waals surface area contributed by atoms with Crippen LogP contribution in [0.25, 0.3) is 0 Å². The third kappa shape index (κ3) is 2.08. The van der Waals surface area contributed by atoms with Crippen LogP contribution in [0.2, 0.25) is 0 Å². The molecular formula is C6H5F3N2O2. The summed E-state index contributed by atoms with van der Waals surface area (Å²) in [6, 6.07) is 1.75. The Kier molecular flexibility index (Phi) is 3.24. The van der Waals surface area contributed by atoms with Gasteiger partial charge in [-0.2, -0.15) is 23.7 Å². The van der Waals surface area contributed by atoms with Crippen LogP contribution in [0.15, 0.2) is 0 Å². The Morgan fingerprint density at radius 1 is 1.31 bits per heavy atom. The highest BCUT2D eigenvalue weighted by Gasteiger charge is 2.59. The summed E-state index contributed by atoms with van der Waals surface area (Å²) in [4.78, 5) is 0. The second-order valence-corrected chi connectivity index (χ2v) is 2.25. The first-order chi connectivity index (χ1) is 5.79. The summed E-state index contributed by atoms with van der Waals surface area (Å²) in [5, 5.41) is 33.3. The Labute approximate surface area is 71.4 Å². The minimum atomic E-state index is -5.28. The van der Waals surface area contributed by atoms with Crippen LogP contribution in [0.1, 0.15) is 6.42 Å². The van der Waals surface area contributed by atoms with Gasteiger partial charge in [0.2, 0.25) is 0 Å². The molecular weight excluding hydrogens is 189 g/mol. The van der Waals surface area contributed by atoms with E-state index in [1.165, 1.54) is 6.07 Å². The number of nitriles is 2. The maximum Gasteiger partial charge on any atom is 0.433 e. The average Bonchev–Trinajstić information content (AvgIpc) is 2.01. The molecule has 0 aliphatic carbocycles. The number of rotatable bonds is 2. The first kappa shape index (κ1) is 11.7. The maximum absolute atomic E-state index is 11.9. The van der Waals surface area contributed by atoms with E-state index in [1.807, 2.05) is 0 Å². The van der Waals surface area contributed by atoms with Crippen LogP contribution in [-0.4, -0.2) is 28.1 Å². The van der Waals surface area contributed by atoms with E-state index in [-0.39, 0.29) is 0 Å². The van der Waals surface area contributed by atoms with E-state index in [2.05, 4.69) is 0 Å². The highest BCUT2D eigenvalue weighted by atomic mass is 19.4. The third-order valence-corrected chi connectivity index (χ3v) is 1.37. The van der Waals surface area contributed by atoms with Gasteiger partial charge in [0, 0.05) is 0 Å². The predicted molar refractivity (Wildman–Crippen MR) is 32.9 cm³/mol. The molecule has 0 bridgehead atoms. The van der Waals surface area contributed by atoms with Gasteiger partial charge < -0.3 is 10.2 Å². The second-order valence-electron chi connectivity index (χ2n) is 2.25. The molecule has 0 aliphatic heterocycles. The molecule has 72 valence electrons.